The van der Waals surface area contributed by atoms with Crippen molar-refractivity contribution in [3.05, 3.63) is 69.8 Å². The number of para-hydroxylation sites is 1. The van der Waals surface area contributed by atoms with Gasteiger partial charge in [-0.15, -0.1) is 0 Å². The summed E-state index contributed by atoms with van der Waals surface area (Å²) in [5.74, 6) is -0.690. The molecule has 0 unspecified atom stereocenters. The summed E-state index contributed by atoms with van der Waals surface area (Å²) in [6.45, 7) is 5.06. The predicted octanol–water partition coefficient (Wildman–Crippen LogP) is 6.28. The third-order valence-corrected chi connectivity index (χ3v) is 4.59. The highest BCUT2D eigenvalue weighted by molar-refractivity contribution is 6.37. The number of aliphatic carboxylic acids is 1. The Morgan fingerprint density at radius 3 is 2.38 bits per heavy atom. The lowest BCUT2D eigenvalue weighted by molar-refractivity contribution is -0.133. The number of nitrogens with one attached hydrogen (secondary N) is 1. The van der Waals surface area contributed by atoms with Crippen LogP contribution in [0.3, 0.4) is 0 Å². The van der Waals surface area contributed by atoms with E-state index in [2.05, 4.69) is 10.3 Å². The molecule has 166 valence electrons. The molecule has 0 saturated heterocycles. The fourth-order valence-electron chi connectivity index (χ4n) is 2.69. The number of rotatable bonds is 5. The lowest BCUT2D eigenvalue weighted by atomic mass is 10.1. The second-order valence-corrected chi connectivity index (χ2v) is 8.56. The molecule has 0 radical (unpaired) electrons. The molecule has 0 bridgehead atoms. The highest BCUT2D eigenvalue weighted by atomic mass is 35.5. The second kappa shape index (κ2) is 9.46. The molecule has 0 aliphatic heterocycles. The number of hydrogen-bond donors (Lipinski definition) is 2. The minimum Gasteiger partial charge on any atom is -0.477 e. The van der Waals surface area contributed by atoms with Crippen molar-refractivity contribution in [2.24, 2.45) is 0 Å². The van der Waals surface area contributed by atoms with Gasteiger partial charge in [-0.3, -0.25) is 5.32 Å². The molecule has 2 aromatic carbocycles. The Morgan fingerprint density at radius 1 is 1.06 bits per heavy atom. The highest BCUT2D eigenvalue weighted by Gasteiger charge is 2.19. The number of alkyl carbamates (subject to hydrolysis) is 1. The van der Waals surface area contributed by atoms with Crippen LogP contribution in [0.25, 0.3) is 17.0 Å². The highest BCUT2D eigenvalue weighted by Crippen LogP contribution is 2.35. The smallest absolute Gasteiger partial charge is 0.412 e. The Bertz CT molecular complexity index is 1200. The van der Waals surface area contributed by atoms with Gasteiger partial charge in [0.15, 0.2) is 5.75 Å². The van der Waals surface area contributed by atoms with Crippen LogP contribution < -0.4 is 10.1 Å². The standard InChI is InChI=1S/C23H20Cl2N2O5/c1-23(2,3)32-22(30)27-18(21(28)29)12-13-7-9-17-14(11-13)8-10-19(26-17)31-20-15(24)5-4-6-16(20)25/h4-12H,1-3H3,(H,27,30)(H,28,29)/b18-12+. The van der Waals surface area contributed by atoms with E-state index in [1.54, 1.807) is 69.3 Å². The van der Waals surface area contributed by atoms with Gasteiger partial charge in [0, 0.05) is 11.5 Å². The largest absolute Gasteiger partial charge is 0.477 e. The molecule has 1 aromatic heterocycles. The van der Waals surface area contributed by atoms with Gasteiger partial charge in [0.05, 0.1) is 15.6 Å². The van der Waals surface area contributed by atoms with Crippen molar-refractivity contribution in [2.45, 2.75) is 26.4 Å². The van der Waals surface area contributed by atoms with Gasteiger partial charge >= 0.3 is 12.1 Å². The van der Waals surface area contributed by atoms with Crippen molar-refractivity contribution in [2.75, 3.05) is 0 Å². The Morgan fingerprint density at radius 2 is 1.75 bits per heavy atom. The van der Waals surface area contributed by atoms with Gasteiger partial charge in [0.25, 0.3) is 0 Å². The van der Waals surface area contributed by atoms with E-state index in [-0.39, 0.29) is 5.70 Å². The van der Waals surface area contributed by atoms with E-state index in [9.17, 15) is 14.7 Å². The van der Waals surface area contributed by atoms with Crippen LogP contribution in [0.2, 0.25) is 10.0 Å². The maximum Gasteiger partial charge on any atom is 0.412 e. The fourth-order valence-corrected chi connectivity index (χ4v) is 3.16. The van der Waals surface area contributed by atoms with Crippen molar-refractivity contribution in [1.82, 2.24) is 10.3 Å². The topological polar surface area (TPSA) is 97.8 Å². The van der Waals surface area contributed by atoms with E-state index >= 15 is 0 Å². The summed E-state index contributed by atoms with van der Waals surface area (Å²) in [5, 5.41) is 13.1. The molecule has 0 fully saturated rings. The number of carbonyl (C=O) groups is 2. The van der Waals surface area contributed by atoms with Crippen molar-refractivity contribution >= 4 is 52.2 Å². The number of carbonyl (C=O) groups excluding carboxylic acids is 1. The minimum absolute atomic E-state index is 0.300. The summed E-state index contributed by atoms with van der Waals surface area (Å²) in [7, 11) is 0. The number of aromatic nitrogens is 1. The third-order valence-electron chi connectivity index (χ3n) is 3.99. The fraction of sp³-hybridized carbons (Fsp3) is 0.174. The Kier molecular flexibility index (Phi) is 6.91. The van der Waals surface area contributed by atoms with E-state index in [4.69, 9.17) is 32.7 Å². The van der Waals surface area contributed by atoms with Crippen LogP contribution in [0, 0.1) is 0 Å². The maximum absolute atomic E-state index is 11.9. The monoisotopic (exact) mass is 474 g/mol. The van der Waals surface area contributed by atoms with Crippen molar-refractivity contribution < 1.29 is 24.2 Å². The summed E-state index contributed by atoms with van der Waals surface area (Å²) >= 11 is 12.3. The first kappa shape index (κ1) is 23.4. The average molecular weight is 475 g/mol. The first-order valence-corrected chi connectivity index (χ1v) is 10.2. The SMILES string of the molecule is CC(C)(C)OC(=O)N/C(=C/c1ccc2nc(Oc3c(Cl)cccc3Cl)ccc2c1)C(=O)O. The van der Waals surface area contributed by atoms with E-state index in [0.29, 0.717) is 32.8 Å². The molecule has 9 heteroatoms. The molecule has 0 aliphatic carbocycles. The molecule has 1 heterocycles. The molecule has 0 atom stereocenters. The van der Waals surface area contributed by atoms with Crippen LogP contribution in [0.4, 0.5) is 4.79 Å². The number of nitrogens with zero attached hydrogens (tertiary/aromatic N) is 1. The van der Waals surface area contributed by atoms with Gasteiger partial charge < -0.3 is 14.6 Å². The van der Waals surface area contributed by atoms with E-state index in [0.717, 1.165) is 5.39 Å². The third kappa shape index (κ3) is 6.12. The number of fused-ring (bicyclic) bond motifs is 1. The summed E-state index contributed by atoms with van der Waals surface area (Å²) in [5.41, 5.74) is 0.0892. The number of halogens is 2. The molecule has 32 heavy (non-hydrogen) atoms. The van der Waals surface area contributed by atoms with Gasteiger partial charge in [0.2, 0.25) is 5.88 Å². The summed E-state index contributed by atoms with van der Waals surface area (Å²) < 4.78 is 10.8. The zero-order valence-electron chi connectivity index (χ0n) is 17.5. The lowest BCUT2D eigenvalue weighted by Gasteiger charge is -2.19. The zero-order chi connectivity index (χ0) is 23.5. The molecule has 3 rings (SSSR count). The molecule has 0 aliphatic rings. The first-order chi connectivity index (χ1) is 15.0. The van der Waals surface area contributed by atoms with Gasteiger partial charge in [-0.25, -0.2) is 14.6 Å². The molecule has 7 nitrogen and oxygen atoms in total. The number of benzene rings is 2. The average Bonchev–Trinajstić information content (AvgIpc) is 2.69. The van der Waals surface area contributed by atoms with Gasteiger partial charge in [0.1, 0.15) is 11.3 Å². The molecule has 0 spiro atoms. The number of pyridine rings is 1. The molecule has 0 saturated carbocycles. The lowest BCUT2D eigenvalue weighted by Crippen LogP contribution is -2.34. The van der Waals surface area contributed by atoms with Gasteiger partial charge in [-0.1, -0.05) is 35.3 Å². The van der Waals surface area contributed by atoms with Crippen LogP contribution in [0.15, 0.2) is 54.2 Å². The van der Waals surface area contributed by atoms with Crippen LogP contribution in [-0.2, 0) is 9.53 Å². The van der Waals surface area contributed by atoms with Crippen molar-refractivity contribution in [3.63, 3.8) is 0 Å². The summed E-state index contributed by atoms with van der Waals surface area (Å²) in [4.78, 5) is 27.9. The Labute approximate surface area is 194 Å². The maximum atomic E-state index is 11.9. The Balaban J connectivity index is 1.85. The van der Waals surface area contributed by atoms with E-state index in [1.165, 1.54) is 6.08 Å². The van der Waals surface area contributed by atoms with Crippen LogP contribution in [0.5, 0.6) is 11.6 Å². The van der Waals surface area contributed by atoms with Crippen LogP contribution in [0.1, 0.15) is 26.3 Å². The number of amides is 1. The molecule has 1 amide bonds. The minimum atomic E-state index is -1.30. The molecule has 2 N–H and O–H groups in total. The van der Waals surface area contributed by atoms with E-state index in [1.807, 2.05) is 0 Å². The molecule has 3 aromatic rings. The summed E-state index contributed by atoms with van der Waals surface area (Å²) in [6.07, 6.45) is 0.480. The predicted molar refractivity (Wildman–Crippen MR) is 123 cm³/mol. The van der Waals surface area contributed by atoms with Gasteiger partial charge in [-0.05, 0) is 62.7 Å². The zero-order valence-corrected chi connectivity index (χ0v) is 19.0. The Hall–Kier alpha value is -3.29. The quantitative estimate of drug-likeness (QED) is 0.422. The number of hydrogen-bond acceptors (Lipinski definition) is 5. The number of carboxylic acids is 1. The van der Waals surface area contributed by atoms with Crippen molar-refractivity contribution in [1.29, 1.82) is 0 Å². The first-order valence-electron chi connectivity index (χ1n) is 9.49. The second-order valence-electron chi connectivity index (χ2n) is 7.74. The van der Waals surface area contributed by atoms with Gasteiger partial charge in [-0.2, -0.15) is 0 Å². The molecular formula is C23H20Cl2N2O5. The molecular weight excluding hydrogens is 455 g/mol. The normalized spacial score (nSPS) is 11.8. The number of carboxylic acid groups (broad SMARTS) is 1. The number of ether oxygens (including phenoxy) is 2. The van der Waals surface area contributed by atoms with Crippen LogP contribution >= 0.6 is 23.2 Å². The van der Waals surface area contributed by atoms with Crippen molar-refractivity contribution in [3.8, 4) is 11.6 Å². The summed E-state index contributed by atoms with van der Waals surface area (Å²) in [6, 6.07) is 13.5. The van der Waals surface area contributed by atoms with Crippen LogP contribution in [-0.4, -0.2) is 27.8 Å². The van der Waals surface area contributed by atoms with E-state index < -0.39 is 17.7 Å².